The third-order valence-corrected chi connectivity index (χ3v) is 4.03. The van der Waals surface area contributed by atoms with Gasteiger partial charge in [0.05, 0.1) is 19.0 Å². The fourth-order valence-corrected chi connectivity index (χ4v) is 2.73. The Morgan fingerprint density at radius 3 is 2.81 bits per heavy atom. The van der Waals surface area contributed by atoms with Crippen molar-refractivity contribution in [2.45, 2.75) is 6.54 Å². The van der Waals surface area contributed by atoms with Crippen LogP contribution in [0.3, 0.4) is 0 Å². The van der Waals surface area contributed by atoms with E-state index in [4.69, 9.17) is 4.74 Å². The van der Waals surface area contributed by atoms with Crippen molar-refractivity contribution in [3.05, 3.63) is 76.7 Å². The molecule has 0 unspecified atom stereocenters. The molecule has 2 N–H and O–H groups in total. The van der Waals surface area contributed by atoms with Crippen molar-refractivity contribution in [2.75, 3.05) is 12.4 Å². The Bertz CT molecular complexity index is 1100. The van der Waals surface area contributed by atoms with Crippen molar-refractivity contribution < 1.29 is 4.74 Å². The molecule has 2 aromatic carbocycles. The van der Waals surface area contributed by atoms with Gasteiger partial charge in [-0.3, -0.25) is 9.78 Å². The van der Waals surface area contributed by atoms with E-state index in [2.05, 4.69) is 20.4 Å². The maximum atomic E-state index is 12.3. The number of aromatic nitrogens is 4. The second-order valence-corrected chi connectivity index (χ2v) is 5.75. The van der Waals surface area contributed by atoms with Gasteiger partial charge in [0.2, 0.25) is 5.95 Å². The molecule has 0 bridgehead atoms. The van der Waals surface area contributed by atoms with Crippen LogP contribution >= 0.6 is 0 Å². The summed E-state index contributed by atoms with van der Waals surface area (Å²) in [6.07, 6.45) is 1.53. The van der Waals surface area contributed by atoms with Crippen LogP contribution in [0, 0.1) is 0 Å². The first kappa shape index (κ1) is 15.9. The highest BCUT2D eigenvalue weighted by molar-refractivity contribution is 5.76. The Balaban J connectivity index is 1.67. The van der Waals surface area contributed by atoms with Gasteiger partial charge in [-0.2, -0.15) is 10.1 Å². The molecule has 0 saturated heterocycles. The van der Waals surface area contributed by atoms with Gasteiger partial charge in [-0.15, -0.1) is 0 Å². The number of fused-ring (bicyclic) bond motifs is 1. The molecule has 0 spiro atoms. The largest absolute Gasteiger partial charge is 0.497 e. The molecule has 0 fully saturated rings. The van der Waals surface area contributed by atoms with Crippen LogP contribution < -0.4 is 15.6 Å². The number of nitrogens with one attached hydrogen (secondary N) is 2. The lowest BCUT2D eigenvalue weighted by Crippen LogP contribution is -2.13. The minimum Gasteiger partial charge on any atom is -0.497 e. The van der Waals surface area contributed by atoms with Crippen LogP contribution in [0.4, 0.5) is 5.95 Å². The van der Waals surface area contributed by atoms with Crippen molar-refractivity contribution in [3.8, 4) is 11.4 Å². The van der Waals surface area contributed by atoms with Crippen molar-refractivity contribution in [1.82, 2.24) is 19.7 Å². The molecule has 0 aliphatic heterocycles. The van der Waals surface area contributed by atoms with Crippen molar-refractivity contribution in [1.29, 1.82) is 0 Å². The highest BCUT2D eigenvalue weighted by atomic mass is 16.5. The standard InChI is InChI=1S/C19H17N5O2/c1-26-15-9-5-6-13(10-15)11-20-19-22-17-16(18(25)23-19)12-21-24(17)14-7-3-2-4-8-14/h2-10,12H,11H2,1H3,(H2,20,22,23,25). The summed E-state index contributed by atoms with van der Waals surface area (Å²) in [6.45, 7) is 0.505. The molecule has 0 aliphatic rings. The highest BCUT2D eigenvalue weighted by Gasteiger charge is 2.11. The maximum absolute atomic E-state index is 12.3. The van der Waals surface area contributed by atoms with Gasteiger partial charge in [0.25, 0.3) is 5.56 Å². The van der Waals surface area contributed by atoms with Gasteiger partial charge < -0.3 is 10.1 Å². The zero-order chi connectivity index (χ0) is 17.9. The van der Waals surface area contributed by atoms with E-state index in [9.17, 15) is 4.79 Å². The predicted octanol–water partition coefficient (Wildman–Crippen LogP) is 2.73. The van der Waals surface area contributed by atoms with Crippen LogP contribution in [0.2, 0.25) is 0 Å². The van der Waals surface area contributed by atoms with E-state index < -0.39 is 0 Å². The average molecular weight is 347 g/mol. The van der Waals surface area contributed by atoms with E-state index >= 15 is 0 Å². The lowest BCUT2D eigenvalue weighted by molar-refractivity contribution is 0.414. The van der Waals surface area contributed by atoms with E-state index in [1.165, 1.54) is 6.20 Å². The van der Waals surface area contributed by atoms with Crippen LogP contribution in [0.15, 0.2) is 65.6 Å². The predicted molar refractivity (Wildman–Crippen MR) is 99.8 cm³/mol. The van der Waals surface area contributed by atoms with Gasteiger partial charge in [-0.1, -0.05) is 30.3 Å². The molecule has 0 aliphatic carbocycles. The van der Waals surface area contributed by atoms with Crippen LogP contribution in [0.25, 0.3) is 16.7 Å². The summed E-state index contributed by atoms with van der Waals surface area (Å²) in [4.78, 5) is 19.6. The number of nitrogens with zero attached hydrogens (tertiary/aromatic N) is 3. The molecule has 0 atom stereocenters. The molecule has 7 nitrogen and oxygen atoms in total. The Morgan fingerprint density at radius 1 is 1.15 bits per heavy atom. The van der Waals surface area contributed by atoms with Crippen molar-refractivity contribution in [2.24, 2.45) is 0 Å². The van der Waals surface area contributed by atoms with Crippen LogP contribution in [0.5, 0.6) is 5.75 Å². The molecule has 2 heterocycles. The molecule has 4 rings (SSSR count). The summed E-state index contributed by atoms with van der Waals surface area (Å²) < 4.78 is 6.88. The monoisotopic (exact) mass is 347 g/mol. The normalized spacial score (nSPS) is 10.8. The smallest absolute Gasteiger partial charge is 0.263 e. The molecular formula is C19H17N5O2. The summed E-state index contributed by atoms with van der Waals surface area (Å²) in [6, 6.07) is 17.3. The minimum atomic E-state index is -0.231. The van der Waals surface area contributed by atoms with Crippen LogP contribution in [0.1, 0.15) is 5.56 Å². The number of benzene rings is 2. The van der Waals surface area contributed by atoms with Gasteiger partial charge >= 0.3 is 0 Å². The van der Waals surface area contributed by atoms with Crippen LogP contribution in [-0.2, 0) is 6.54 Å². The summed E-state index contributed by atoms with van der Waals surface area (Å²) >= 11 is 0. The van der Waals surface area contributed by atoms with Gasteiger partial charge in [-0.25, -0.2) is 4.68 Å². The Hall–Kier alpha value is -3.61. The topological polar surface area (TPSA) is 84.8 Å². The second-order valence-electron chi connectivity index (χ2n) is 5.75. The molecule has 4 aromatic rings. The lowest BCUT2D eigenvalue weighted by Gasteiger charge is -2.08. The van der Waals surface area contributed by atoms with Gasteiger partial charge in [0.15, 0.2) is 5.65 Å². The van der Waals surface area contributed by atoms with E-state index in [1.54, 1.807) is 11.8 Å². The second kappa shape index (κ2) is 6.72. The summed E-state index contributed by atoms with van der Waals surface area (Å²) in [5.74, 6) is 1.17. The van der Waals surface area contributed by atoms with Gasteiger partial charge in [-0.05, 0) is 29.8 Å². The number of H-pyrrole nitrogens is 1. The zero-order valence-electron chi connectivity index (χ0n) is 14.1. The lowest BCUT2D eigenvalue weighted by atomic mass is 10.2. The number of methoxy groups -OCH3 is 1. The molecule has 0 saturated carbocycles. The number of hydrogen-bond donors (Lipinski definition) is 2. The first-order valence-electron chi connectivity index (χ1n) is 8.15. The van der Waals surface area contributed by atoms with Gasteiger partial charge in [0, 0.05) is 6.54 Å². The van der Waals surface area contributed by atoms with E-state index in [0.29, 0.717) is 23.5 Å². The number of ether oxygens (including phenoxy) is 1. The molecule has 2 aromatic heterocycles. The molecule has 7 heteroatoms. The summed E-state index contributed by atoms with van der Waals surface area (Å²) in [5, 5.41) is 7.89. The molecule has 130 valence electrons. The first-order valence-corrected chi connectivity index (χ1v) is 8.15. The molecule has 26 heavy (non-hydrogen) atoms. The molecule has 0 radical (unpaired) electrons. The minimum absolute atomic E-state index is 0.231. The van der Waals surface area contributed by atoms with Crippen molar-refractivity contribution in [3.63, 3.8) is 0 Å². The average Bonchev–Trinajstić information content (AvgIpc) is 3.12. The zero-order valence-corrected chi connectivity index (χ0v) is 14.1. The maximum Gasteiger partial charge on any atom is 0.263 e. The van der Waals surface area contributed by atoms with E-state index in [-0.39, 0.29) is 5.56 Å². The van der Waals surface area contributed by atoms with E-state index in [0.717, 1.165) is 17.0 Å². The molecule has 0 amide bonds. The SMILES string of the molecule is COc1cccc(CNc2nc3c(cnn3-c3ccccc3)c(=O)[nH]2)c1. The fourth-order valence-electron chi connectivity index (χ4n) is 2.73. The number of hydrogen-bond acceptors (Lipinski definition) is 5. The molecular weight excluding hydrogens is 330 g/mol. The number of anilines is 1. The highest BCUT2D eigenvalue weighted by Crippen LogP contribution is 2.16. The number of aromatic amines is 1. The quantitative estimate of drug-likeness (QED) is 0.580. The van der Waals surface area contributed by atoms with Gasteiger partial charge in [0.1, 0.15) is 11.1 Å². The number of rotatable bonds is 5. The Kier molecular flexibility index (Phi) is 4.10. The first-order chi connectivity index (χ1) is 12.7. The third-order valence-electron chi connectivity index (χ3n) is 4.03. The Labute approximate surface area is 149 Å². The van der Waals surface area contributed by atoms with Crippen molar-refractivity contribution >= 4 is 17.0 Å². The fraction of sp³-hybridized carbons (Fsp3) is 0.105. The third kappa shape index (κ3) is 3.02. The summed E-state index contributed by atoms with van der Waals surface area (Å²) in [7, 11) is 1.63. The van der Waals surface area contributed by atoms with E-state index in [1.807, 2.05) is 54.6 Å². The number of para-hydroxylation sites is 1. The van der Waals surface area contributed by atoms with Crippen LogP contribution in [-0.4, -0.2) is 26.9 Å². The summed E-state index contributed by atoms with van der Waals surface area (Å²) in [5.41, 5.74) is 2.14. The Morgan fingerprint density at radius 2 is 2.00 bits per heavy atom.